The van der Waals surface area contributed by atoms with Gasteiger partial charge >= 0.3 is 0 Å². The van der Waals surface area contributed by atoms with E-state index in [-0.39, 0.29) is 0 Å². The number of rotatable bonds is 3. The molecule has 0 aromatic heterocycles. The predicted molar refractivity (Wildman–Crippen MR) is 76.7 cm³/mol. The lowest BCUT2D eigenvalue weighted by atomic mass is 9.93. The minimum absolute atomic E-state index is 0.870. The number of allylic oxidation sites excluding steroid dienone is 1. The van der Waals surface area contributed by atoms with Crippen LogP contribution >= 0.6 is 0 Å². The number of methoxy groups -OCH3 is 2. The topological polar surface area (TPSA) is 21.7 Å². The molecule has 0 radical (unpaired) electrons. The van der Waals surface area contributed by atoms with E-state index in [1.54, 1.807) is 14.2 Å². The van der Waals surface area contributed by atoms with Crippen LogP contribution in [0.25, 0.3) is 6.08 Å². The molecule has 2 aliphatic rings. The van der Waals surface area contributed by atoms with Gasteiger partial charge in [-0.05, 0) is 43.4 Å². The molecular formula is C16H21NO2. The normalized spacial score (nSPS) is 18.0. The smallest absolute Gasteiger partial charge is 0.126 e. The van der Waals surface area contributed by atoms with Crippen molar-refractivity contribution in [1.82, 2.24) is 4.90 Å². The summed E-state index contributed by atoms with van der Waals surface area (Å²) in [5, 5.41) is 0. The fourth-order valence-electron chi connectivity index (χ4n) is 3.10. The lowest BCUT2D eigenvalue weighted by Gasteiger charge is -2.26. The van der Waals surface area contributed by atoms with E-state index >= 15 is 0 Å². The quantitative estimate of drug-likeness (QED) is 0.832. The number of fused-ring (bicyclic) bond motifs is 1. The summed E-state index contributed by atoms with van der Waals surface area (Å²) in [7, 11) is 3.43. The fourth-order valence-corrected chi connectivity index (χ4v) is 3.10. The van der Waals surface area contributed by atoms with Crippen molar-refractivity contribution in [3.63, 3.8) is 0 Å². The lowest BCUT2D eigenvalue weighted by molar-refractivity contribution is 0.386. The van der Waals surface area contributed by atoms with Crippen molar-refractivity contribution < 1.29 is 9.47 Å². The summed E-state index contributed by atoms with van der Waals surface area (Å²) >= 11 is 0. The van der Waals surface area contributed by atoms with Crippen LogP contribution in [-0.4, -0.2) is 32.2 Å². The Morgan fingerprint density at radius 1 is 1.00 bits per heavy atom. The number of hydrogen-bond donors (Lipinski definition) is 0. The molecule has 1 saturated heterocycles. The maximum Gasteiger partial charge on any atom is 0.126 e. The second-order valence-electron chi connectivity index (χ2n) is 5.23. The molecule has 0 atom stereocenters. The molecule has 102 valence electrons. The summed E-state index contributed by atoms with van der Waals surface area (Å²) in [5.41, 5.74) is 4.04. The molecule has 0 N–H and O–H groups in total. The zero-order chi connectivity index (χ0) is 13.2. The molecule has 1 heterocycles. The van der Waals surface area contributed by atoms with Crippen LogP contribution in [0.15, 0.2) is 17.8 Å². The van der Waals surface area contributed by atoms with E-state index in [0.29, 0.717) is 0 Å². The van der Waals surface area contributed by atoms with E-state index in [9.17, 15) is 0 Å². The van der Waals surface area contributed by atoms with Gasteiger partial charge in [-0.15, -0.1) is 0 Å². The molecule has 0 saturated carbocycles. The van der Waals surface area contributed by atoms with E-state index in [4.69, 9.17) is 9.47 Å². The van der Waals surface area contributed by atoms with Gasteiger partial charge in [-0.25, -0.2) is 0 Å². The number of likely N-dealkylation sites (tertiary alicyclic amines) is 1. The van der Waals surface area contributed by atoms with Gasteiger partial charge in [0.15, 0.2) is 0 Å². The van der Waals surface area contributed by atoms with Crippen LogP contribution in [0.4, 0.5) is 0 Å². The number of ether oxygens (including phenoxy) is 2. The monoisotopic (exact) mass is 259 g/mol. The maximum absolute atomic E-state index is 5.49. The third-order valence-electron chi connectivity index (χ3n) is 4.14. The van der Waals surface area contributed by atoms with Crippen molar-refractivity contribution in [2.45, 2.75) is 25.7 Å². The Morgan fingerprint density at radius 3 is 2.47 bits per heavy atom. The summed E-state index contributed by atoms with van der Waals surface area (Å²) < 4.78 is 10.9. The molecule has 1 aliphatic heterocycles. The predicted octanol–water partition coefficient (Wildman–Crippen LogP) is 3.09. The average Bonchev–Trinajstić information content (AvgIpc) is 2.99. The third-order valence-corrected chi connectivity index (χ3v) is 4.14. The molecule has 19 heavy (non-hydrogen) atoms. The molecular weight excluding hydrogens is 238 g/mol. The Balaban J connectivity index is 1.98. The Bertz CT molecular complexity index is 502. The standard InChI is InChI=1S/C16H21NO2/c1-18-14-10-12-9-13(17-7-3-4-8-17)5-6-15(12)16(11-14)19-2/h9-11H,3-8H2,1-2H3. The first kappa shape index (κ1) is 12.4. The van der Waals surface area contributed by atoms with Crippen molar-refractivity contribution in [3.05, 3.63) is 29.0 Å². The molecule has 1 aromatic carbocycles. The van der Waals surface area contributed by atoms with Crippen molar-refractivity contribution >= 4 is 6.08 Å². The highest BCUT2D eigenvalue weighted by molar-refractivity contribution is 5.65. The molecule has 3 nitrogen and oxygen atoms in total. The molecule has 0 bridgehead atoms. The molecule has 0 spiro atoms. The molecule has 3 rings (SSSR count). The Labute approximate surface area is 114 Å². The summed E-state index contributed by atoms with van der Waals surface area (Å²) in [4.78, 5) is 2.52. The molecule has 0 unspecified atom stereocenters. The molecule has 1 fully saturated rings. The van der Waals surface area contributed by atoms with Gasteiger partial charge < -0.3 is 14.4 Å². The van der Waals surface area contributed by atoms with Crippen molar-refractivity contribution in [3.8, 4) is 11.5 Å². The first-order valence-corrected chi connectivity index (χ1v) is 7.02. The Kier molecular flexibility index (Phi) is 3.36. The lowest BCUT2D eigenvalue weighted by Crippen LogP contribution is -2.20. The molecule has 1 aromatic rings. The van der Waals surface area contributed by atoms with Gasteiger partial charge in [0.2, 0.25) is 0 Å². The van der Waals surface area contributed by atoms with Crippen LogP contribution in [0.5, 0.6) is 11.5 Å². The summed E-state index contributed by atoms with van der Waals surface area (Å²) in [6, 6.07) is 4.10. The van der Waals surface area contributed by atoms with E-state index in [0.717, 1.165) is 24.3 Å². The van der Waals surface area contributed by atoms with Crippen LogP contribution < -0.4 is 9.47 Å². The Hall–Kier alpha value is -1.64. The zero-order valence-electron chi connectivity index (χ0n) is 11.7. The van der Waals surface area contributed by atoms with Gasteiger partial charge in [-0.1, -0.05) is 0 Å². The van der Waals surface area contributed by atoms with Crippen molar-refractivity contribution in [2.75, 3.05) is 27.3 Å². The maximum atomic E-state index is 5.49. The van der Waals surface area contributed by atoms with Gasteiger partial charge in [-0.2, -0.15) is 0 Å². The van der Waals surface area contributed by atoms with Crippen molar-refractivity contribution in [2.24, 2.45) is 0 Å². The van der Waals surface area contributed by atoms with Gasteiger partial charge in [0.1, 0.15) is 11.5 Å². The van der Waals surface area contributed by atoms with E-state index < -0.39 is 0 Å². The highest BCUT2D eigenvalue weighted by atomic mass is 16.5. The minimum atomic E-state index is 0.870. The van der Waals surface area contributed by atoms with Crippen LogP contribution in [0.1, 0.15) is 30.4 Å². The number of benzene rings is 1. The first-order valence-electron chi connectivity index (χ1n) is 7.02. The third kappa shape index (κ3) is 2.29. The second kappa shape index (κ2) is 5.16. The van der Waals surface area contributed by atoms with Crippen LogP contribution in [0.2, 0.25) is 0 Å². The van der Waals surface area contributed by atoms with Gasteiger partial charge in [-0.3, -0.25) is 0 Å². The summed E-state index contributed by atoms with van der Waals surface area (Å²) in [6.45, 7) is 2.42. The SMILES string of the molecule is COc1cc2c(c(OC)c1)CCC(N1CCCC1)=C2. The molecule has 1 aliphatic carbocycles. The number of nitrogens with zero attached hydrogens (tertiary/aromatic N) is 1. The largest absolute Gasteiger partial charge is 0.497 e. The highest BCUT2D eigenvalue weighted by Crippen LogP contribution is 2.36. The summed E-state index contributed by atoms with van der Waals surface area (Å²) in [5.74, 6) is 1.82. The minimum Gasteiger partial charge on any atom is -0.497 e. The van der Waals surface area contributed by atoms with Crippen LogP contribution in [0.3, 0.4) is 0 Å². The molecule has 3 heteroatoms. The van der Waals surface area contributed by atoms with Crippen molar-refractivity contribution in [1.29, 1.82) is 0 Å². The van der Waals surface area contributed by atoms with Crippen LogP contribution in [-0.2, 0) is 6.42 Å². The Morgan fingerprint density at radius 2 is 1.79 bits per heavy atom. The van der Waals surface area contributed by atoms with Crippen LogP contribution in [0, 0.1) is 0 Å². The van der Waals surface area contributed by atoms with Gasteiger partial charge in [0.05, 0.1) is 14.2 Å². The van der Waals surface area contributed by atoms with Gasteiger partial charge in [0, 0.05) is 30.4 Å². The van der Waals surface area contributed by atoms with E-state index in [1.807, 2.05) is 6.07 Å². The summed E-state index contributed by atoms with van der Waals surface area (Å²) in [6.07, 6.45) is 7.15. The fraction of sp³-hybridized carbons (Fsp3) is 0.500. The second-order valence-corrected chi connectivity index (χ2v) is 5.23. The van der Waals surface area contributed by atoms with Gasteiger partial charge in [0.25, 0.3) is 0 Å². The average molecular weight is 259 g/mol. The van der Waals surface area contributed by atoms with E-state index in [2.05, 4.69) is 17.0 Å². The highest BCUT2D eigenvalue weighted by Gasteiger charge is 2.21. The molecule has 0 amide bonds. The van der Waals surface area contributed by atoms with E-state index in [1.165, 1.54) is 42.8 Å². The first-order chi connectivity index (χ1) is 9.31. The zero-order valence-corrected chi connectivity index (χ0v) is 11.7. The number of hydrogen-bond acceptors (Lipinski definition) is 3.